The number of aryl methyl sites for hydroxylation is 1. The van der Waals surface area contributed by atoms with E-state index in [4.69, 9.17) is 5.11 Å². The Labute approximate surface area is 111 Å². The van der Waals surface area contributed by atoms with Crippen LogP contribution in [-0.2, 0) is 6.42 Å². The zero-order valence-electron chi connectivity index (χ0n) is 10.3. The lowest BCUT2D eigenvalue weighted by molar-refractivity contribution is 0.0697. The maximum absolute atomic E-state index is 10.8. The Kier molecular flexibility index (Phi) is 4.15. The largest absolute Gasteiger partial charge is 0.478 e. The smallest absolute Gasteiger partial charge is 0.336 e. The van der Waals surface area contributed by atoms with Gasteiger partial charge in [-0.3, -0.25) is 0 Å². The first-order valence-electron chi connectivity index (χ1n) is 6.12. The minimum Gasteiger partial charge on any atom is -0.478 e. The molecule has 1 heterocycles. The summed E-state index contributed by atoms with van der Waals surface area (Å²) in [5.41, 5.74) is 2.80. The molecule has 0 unspecified atom stereocenters. The van der Waals surface area contributed by atoms with Crippen LogP contribution in [0.3, 0.4) is 0 Å². The Morgan fingerprint density at radius 1 is 1.28 bits per heavy atom. The first-order valence-corrected chi connectivity index (χ1v) is 7.00. The van der Waals surface area contributed by atoms with Gasteiger partial charge >= 0.3 is 5.97 Å². The molecule has 1 aromatic heterocycles. The number of thiophene rings is 1. The molecule has 2 aromatic rings. The lowest BCUT2D eigenvalue weighted by Gasteiger charge is -2.01. The van der Waals surface area contributed by atoms with Crippen molar-refractivity contribution in [2.45, 2.75) is 26.2 Å². The minimum absolute atomic E-state index is 0.366. The standard InChI is InChI=1S/C15H16O2S/c1-2-3-4-11-5-7-12(8-6-11)14-9-13(10-18-14)15(16)17/h5-10H,2-4H2,1H3,(H,16,17). The Balaban J connectivity index is 2.15. The van der Waals surface area contributed by atoms with E-state index in [1.54, 1.807) is 11.4 Å². The number of carbonyl (C=O) groups is 1. The molecule has 0 saturated heterocycles. The van der Waals surface area contributed by atoms with Crippen LogP contribution >= 0.6 is 11.3 Å². The summed E-state index contributed by atoms with van der Waals surface area (Å²) >= 11 is 1.47. The summed E-state index contributed by atoms with van der Waals surface area (Å²) in [6.07, 6.45) is 3.53. The van der Waals surface area contributed by atoms with Crippen LogP contribution in [-0.4, -0.2) is 11.1 Å². The molecule has 1 N–H and O–H groups in total. The van der Waals surface area contributed by atoms with Gasteiger partial charge in [0.15, 0.2) is 0 Å². The van der Waals surface area contributed by atoms with Crippen LogP contribution in [0.2, 0.25) is 0 Å². The predicted molar refractivity (Wildman–Crippen MR) is 75.3 cm³/mol. The number of rotatable bonds is 5. The van der Waals surface area contributed by atoms with Gasteiger partial charge in [0.25, 0.3) is 0 Å². The molecular weight excluding hydrogens is 244 g/mol. The van der Waals surface area contributed by atoms with Crippen LogP contribution in [0.5, 0.6) is 0 Å². The Morgan fingerprint density at radius 2 is 2.00 bits per heavy atom. The van der Waals surface area contributed by atoms with Crippen molar-refractivity contribution in [1.82, 2.24) is 0 Å². The van der Waals surface area contributed by atoms with Gasteiger partial charge in [-0.2, -0.15) is 0 Å². The summed E-state index contributed by atoms with van der Waals surface area (Å²) in [4.78, 5) is 11.8. The number of carboxylic acid groups (broad SMARTS) is 1. The number of hydrogen-bond acceptors (Lipinski definition) is 2. The van der Waals surface area contributed by atoms with Crippen LogP contribution in [0.25, 0.3) is 10.4 Å². The molecular formula is C15H16O2S. The molecule has 0 amide bonds. The van der Waals surface area contributed by atoms with E-state index in [0.29, 0.717) is 5.56 Å². The highest BCUT2D eigenvalue weighted by Crippen LogP contribution is 2.27. The summed E-state index contributed by atoms with van der Waals surface area (Å²) in [5.74, 6) is -0.864. The van der Waals surface area contributed by atoms with E-state index in [9.17, 15) is 4.79 Å². The van der Waals surface area contributed by atoms with Gasteiger partial charge in [-0.1, -0.05) is 37.6 Å². The third-order valence-corrected chi connectivity index (χ3v) is 3.88. The maximum Gasteiger partial charge on any atom is 0.336 e. The lowest BCUT2D eigenvalue weighted by Crippen LogP contribution is -1.91. The second kappa shape index (κ2) is 5.83. The molecule has 3 heteroatoms. The number of aromatic carboxylic acids is 1. The van der Waals surface area contributed by atoms with Gasteiger partial charge in [-0.25, -0.2) is 4.79 Å². The summed E-state index contributed by atoms with van der Waals surface area (Å²) in [6.45, 7) is 2.19. The monoisotopic (exact) mass is 260 g/mol. The summed E-state index contributed by atoms with van der Waals surface area (Å²) in [6, 6.07) is 10.1. The van der Waals surface area contributed by atoms with E-state index in [0.717, 1.165) is 16.9 Å². The van der Waals surface area contributed by atoms with Gasteiger partial charge in [0.05, 0.1) is 5.56 Å². The number of hydrogen-bond donors (Lipinski definition) is 1. The fourth-order valence-electron chi connectivity index (χ4n) is 1.82. The van der Waals surface area contributed by atoms with Crippen molar-refractivity contribution in [3.05, 3.63) is 46.8 Å². The van der Waals surface area contributed by atoms with E-state index in [2.05, 4.69) is 31.2 Å². The van der Waals surface area contributed by atoms with Crippen molar-refractivity contribution in [1.29, 1.82) is 0 Å². The number of benzene rings is 1. The second-order valence-corrected chi connectivity index (χ2v) is 5.22. The van der Waals surface area contributed by atoms with Crippen LogP contribution in [0.4, 0.5) is 0 Å². The van der Waals surface area contributed by atoms with Crippen molar-refractivity contribution in [3.8, 4) is 10.4 Å². The molecule has 0 aliphatic carbocycles. The van der Waals surface area contributed by atoms with Gasteiger partial charge in [0.1, 0.15) is 0 Å². The van der Waals surface area contributed by atoms with Crippen LogP contribution in [0.1, 0.15) is 35.7 Å². The highest BCUT2D eigenvalue weighted by Gasteiger charge is 2.07. The zero-order valence-corrected chi connectivity index (χ0v) is 11.2. The molecule has 94 valence electrons. The molecule has 0 saturated carbocycles. The Morgan fingerprint density at radius 3 is 2.56 bits per heavy atom. The fraction of sp³-hybridized carbons (Fsp3) is 0.267. The summed E-state index contributed by atoms with van der Waals surface area (Å²) < 4.78 is 0. The lowest BCUT2D eigenvalue weighted by atomic mass is 10.1. The highest BCUT2D eigenvalue weighted by molar-refractivity contribution is 7.13. The second-order valence-electron chi connectivity index (χ2n) is 4.31. The van der Waals surface area contributed by atoms with Crippen molar-refractivity contribution < 1.29 is 9.90 Å². The molecule has 0 bridgehead atoms. The molecule has 1 aromatic carbocycles. The third-order valence-electron chi connectivity index (χ3n) is 2.90. The summed E-state index contributed by atoms with van der Waals surface area (Å²) in [5, 5.41) is 10.6. The molecule has 0 aliphatic heterocycles. The third kappa shape index (κ3) is 2.99. The normalized spacial score (nSPS) is 10.5. The van der Waals surface area contributed by atoms with Crippen molar-refractivity contribution in [2.24, 2.45) is 0 Å². The van der Waals surface area contributed by atoms with E-state index < -0.39 is 5.97 Å². The summed E-state index contributed by atoms with van der Waals surface area (Å²) in [7, 11) is 0. The average molecular weight is 260 g/mol. The quantitative estimate of drug-likeness (QED) is 0.862. The van der Waals surface area contributed by atoms with Crippen LogP contribution in [0, 0.1) is 0 Å². The van der Waals surface area contributed by atoms with Gasteiger partial charge in [0.2, 0.25) is 0 Å². The van der Waals surface area contributed by atoms with E-state index in [-0.39, 0.29) is 0 Å². The van der Waals surface area contributed by atoms with Crippen LogP contribution in [0.15, 0.2) is 35.7 Å². The van der Waals surface area contributed by atoms with E-state index in [1.807, 2.05) is 0 Å². The van der Waals surface area contributed by atoms with Gasteiger partial charge in [-0.05, 0) is 30.0 Å². The maximum atomic E-state index is 10.8. The van der Waals surface area contributed by atoms with Crippen molar-refractivity contribution >= 4 is 17.3 Å². The topological polar surface area (TPSA) is 37.3 Å². The van der Waals surface area contributed by atoms with E-state index >= 15 is 0 Å². The number of carboxylic acids is 1. The van der Waals surface area contributed by atoms with Crippen LogP contribution < -0.4 is 0 Å². The van der Waals surface area contributed by atoms with Gasteiger partial charge < -0.3 is 5.11 Å². The van der Waals surface area contributed by atoms with E-state index in [1.165, 1.54) is 29.7 Å². The number of unbranched alkanes of at least 4 members (excludes halogenated alkanes) is 1. The minimum atomic E-state index is -0.864. The van der Waals surface area contributed by atoms with Gasteiger partial charge in [-0.15, -0.1) is 11.3 Å². The molecule has 2 nitrogen and oxygen atoms in total. The molecule has 0 spiro atoms. The first kappa shape index (κ1) is 12.8. The Bertz CT molecular complexity index is 526. The zero-order chi connectivity index (χ0) is 13.0. The molecule has 18 heavy (non-hydrogen) atoms. The average Bonchev–Trinajstić information content (AvgIpc) is 2.87. The van der Waals surface area contributed by atoms with Crippen molar-refractivity contribution in [3.63, 3.8) is 0 Å². The predicted octanol–water partition coefficient (Wildman–Crippen LogP) is 4.46. The first-order chi connectivity index (χ1) is 8.70. The molecule has 0 atom stereocenters. The molecule has 2 rings (SSSR count). The van der Waals surface area contributed by atoms with Gasteiger partial charge in [0, 0.05) is 10.3 Å². The molecule has 0 aliphatic rings. The SMILES string of the molecule is CCCCc1ccc(-c2cc(C(=O)O)cs2)cc1. The molecule has 0 radical (unpaired) electrons. The van der Waals surface area contributed by atoms with Crippen molar-refractivity contribution in [2.75, 3.05) is 0 Å². The highest BCUT2D eigenvalue weighted by atomic mass is 32.1. The Hall–Kier alpha value is -1.61. The fourth-order valence-corrected chi connectivity index (χ4v) is 2.71. The molecule has 0 fully saturated rings.